The van der Waals surface area contributed by atoms with Gasteiger partial charge in [-0.3, -0.25) is 9.59 Å². The van der Waals surface area contributed by atoms with Crippen molar-refractivity contribution in [2.45, 2.75) is 18.2 Å². The maximum absolute atomic E-state index is 11.5. The van der Waals surface area contributed by atoms with Gasteiger partial charge in [0.2, 0.25) is 5.91 Å². The van der Waals surface area contributed by atoms with Gasteiger partial charge in [0.05, 0.1) is 11.4 Å². The summed E-state index contributed by atoms with van der Waals surface area (Å²) in [6, 6.07) is 5.46. The molecule has 1 aromatic rings. The molecule has 15 heavy (non-hydrogen) atoms. The first-order valence-electron chi connectivity index (χ1n) is 4.80. The van der Waals surface area contributed by atoms with Crippen LogP contribution in [0.4, 0.5) is 5.69 Å². The Labute approximate surface area is 92.2 Å². The Kier molecular flexibility index (Phi) is 2.77. The van der Waals surface area contributed by atoms with Crippen molar-refractivity contribution >= 4 is 29.1 Å². The number of carbonyl (C=O) groups excluding carboxylic acids is 2. The average Bonchev–Trinajstić information content (AvgIpc) is 2.27. The predicted molar refractivity (Wildman–Crippen MR) is 60.4 cm³/mol. The smallest absolute Gasteiger partial charge is 0.234 e. The molecule has 0 bridgehead atoms. The molecule has 0 aromatic heterocycles. The number of thioether (sulfide) groups is 1. The summed E-state index contributed by atoms with van der Waals surface area (Å²) in [5.74, 6) is 0.546. The van der Waals surface area contributed by atoms with E-state index < -0.39 is 0 Å². The van der Waals surface area contributed by atoms with E-state index in [-0.39, 0.29) is 11.7 Å². The second-order valence-electron chi connectivity index (χ2n) is 3.32. The Bertz CT molecular complexity index is 429. The molecule has 0 spiro atoms. The second kappa shape index (κ2) is 4.06. The van der Waals surface area contributed by atoms with Crippen LogP contribution in [0.15, 0.2) is 23.1 Å². The minimum Gasteiger partial charge on any atom is -0.324 e. The molecule has 0 fully saturated rings. The highest BCUT2D eigenvalue weighted by atomic mass is 32.2. The number of nitrogens with one attached hydrogen (secondary N) is 1. The van der Waals surface area contributed by atoms with E-state index in [1.807, 2.05) is 19.1 Å². The maximum Gasteiger partial charge on any atom is 0.234 e. The van der Waals surface area contributed by atoms with Crippen LogP contribution in [0.3, 0.4) is 0 Å². The van der Waals surface area contributed by atoms with Gasteiger partial charge in [-0.15, -0.1) is 11.8 Å². The van der Waals surface area contributed by atoms with Crippen molar-refractivity contribution in [3.63, 3.8) is 0 Å². The van der Waals surface area contributed by atoms with Crippen molar-refractivity contribution in [1.29, 1.82) is 0 Å². The van der Waals surface area contributed by atoms with E-state index in [0.717, 1.165) is 10.6 Å². The fourth-order valence-corrected chi connectivity index (χ4v) is 2.25. The van der Waals surface area contributed by atoms with Crippen molar-refractivity contribution in [3.05, 3.63) is 23.8 Å². The van der Waals surface area contributed by atoms with E-state index >= 15 is 0 Å². The number of carbonyl (C=O) groups is 2. The molecular formula is C11H11NO2S. The lowest BCUT2D eigenvalue weighted by molar-refractivity contribution is -0.113. The molecule has 4 heteroatoms. The van der Waals surface area contributed by atoms with E-state index in [4.69, 9.17) is 0 Å². The Morgan fingerprint density at radius 1 is 1.53 bits per heavy atom. The number of benzene rings is 1. The van der Waals surface area contributed by atoms with Crippen LogP contribution in [-0.4, -0.2) is 17.4 Å². The molecule has 0 unspecified atom stereocenters. The molecule has 1 heterocycles. The third-order valence-electron chi connectivity index (χ3n) is 2.26. The molecule has 0 atom stereocenters. The molecule has 1 aliphatic rings. The summed E-state index contributed by atoms with van der Waals surface area (Å²) < 4.78 is 0. The number of amides is 1. The molecule has 0 saturated carbocycles. The third kappa shape index (κ3) is 2.04. The highest BCUT2D eigenvalue weighted by Gasteiger charge is 2.16. The summed E-state index contributed by atoms with van der Waals surface area (Å²) in [7, 11) is 0. The lowest BCUT2D eigenvalue weighted by atomic mass is 10.1. The van der Waals surface area contributed by atoms with Crippen molar-refractivity contribution in [3.8, 4) is 0 Å². The first-order chi connectivity index (χ1) is 7.20. The quantitative estimate of drug-likeness (QED) is 0.779. The van der Waals surface area contributed by atoms with E-state index in [2.05, 4.69) is 5.32 Å². The zero-order chi connectivity index (χ0) is 10.8. The monoisotopic (exact) mass is 221 g/mol. The van der Waals surface area contributed by atoms with Gasteiger partial charge >= 0.3 is 0 Å². The Morgan fingerprint density at radius 2 is 2.33 bits per heavy atom. The lowest BCUT2D eigenvalue weighted by Gasteiger charge is -2.16. The topological polar surface area (TPSA) is 46.2 Å². The Morgan fingerprint density at radius 3 is 3.07 bits per heavy atom. The van der Waals surface area contributed by atoms with Crippen LogP contribution in [0.25, 0.3) is 0 Å². The number of hydrogen-bond donors (Lipinski definition) is 1. The predicted octanol–water partition coefficient (Wildman–Crippen LogP) is 2.32. The van der Waals surface area contributed by atoms with E-state index in [1.165, 1.54) is 11.8 Å². The van der Waals surface area contributed by atoms with Crippen LogP contribution >= 0.6 is 11.8 Å². The number of fused-ring (bicyclic) bond motifs is 1. The zero-order valence-corrected chi connectivity index (χ0v) is 9.19. The van der Waals surface area contributed by atoms with E-state index in [9.17, 15) is 9.59 Å². The van der Waals surface area contributed by atoms with Crippen LogP contribution in [0.5, 0.6) is 0 Å². The fraction of sp³-hybridized carbons (Fsp3) is 0.273. The first-order valence-corrected chi connectivity index (χ1v) is 5.79. The molecule has 3 nitrogen and oxygen atoms in total. The molecule has 1 N–H and O–H groups in total. The Balaban J connectivity index is 2.36. The standard InChI is InChI=1S/C11H11NO2S/c1-2-9(13)7-3-4-10-8(5-7)12-11(14)6-15-10/h3-5H,2,6H2,1H3,(H,12,14). The van der Waals surface area contributed by atoms with Crippen LogP contribution < -0.4 is 5.32 Å². The second-order valence-corrected chi connectivity index (χ2v) is 4.34. The minimum atomic E-state index is -0.00593. The average molecular weight is 221 g/mol. The van der Waals surface area contributed by atoms with Gasteiger partial charge in [-0.1, -0.05) is 13.0 Å². The van der Waals surface area contributed by atoms with Crippen LogP contribution in [-0.2, 0) is 4.79 Å². The van der Waals surface area contributed by atoms with Gasteiger partial charge in [0, 0.05) is 16.9 Å². The molecule has 0 saturated heterocycles. The van der Waals surface area contributed by atoms with Gasteiger partial charge in [0.25, 0.3) is 0 Å². The van der Waals surface area contributed by atoms with Gasteiger partial charge in [-0.05, 0) is 12.1 Å². The third-order valence-corrected chi connectivity index (χ3v) is 3.33. The zero-order valence-electron chi connectivity index (χ0n) is 8.37. The summed E-state index contributed by atoms with van der Waals surface area (Å²) in [6.45, 7) is 1.83. The summed E-state index contributed by atoms with van der Waals surface area (Å²) in [6.07, 6.45) is 0.486. The fourth-order valence-electron chi connectivity index (χ4n) is 1.46. The SMILES string of the molecule is CCC(=O)c1ccc2c(c1)NC(=O)CS2. The van der Waals surface area contributed by atoms with Gasteiger partial charge in [-0.2, -0.15) is 0 Å². The number of rotatable bonds is 2. The minimum absolute atomic E-state index is 0.00593. The summed E-state index contributed by atoms with van der Waals surface area (Å²) >= 11 is 1.50. The Hall–Kier alpha value is -1.29. The van der Waals surface area contributed by atoms with Gasteiger partial charge < -0.3 is 5.32 Å². The van der Waals surface area contributed by atoms with Crippen molar-refractivity contribution in [1.82, 2.24) is 0 Å². The van der Waals surface area contributed by atoms with Crippen LogP contribution in [0, 0.1) is 0 Å². The summed E-state index contributed by atoms with van der Waals surface area (Å²) in [4.78, 5) is 23.7. The summed E-state index contributed by atoms with van der Waals surface area (Å²) in [5.41, 5.74) is 1.43. The van der Waals surface area contributed by atoms with Crippen molar-refractivity contribution in [2.24, 2.45) is 0 Å². The van der Waals surface area contributed by atoms with Gasteiger partial charge in [0.1, 0.15) is 0 Å². The highest BCUT2D eigenvalue weighted by Crippen LogP contribution is 2.32. The normalized spacial score (nSPS) is 14.3. The first kappa shape index (κ1) is 10.2. The molecule has 2 rings (SSSR count). The number of anilines is 1. The molecule has 1 aliphatic heterocycles. The lowest BCUT2D eigenvalue weighted by Crippen LogP contribution is -2.19. The van der Waals surface area contributed by atoms with Crippen LogP contribution in [0.1, 0.15) is 23.7 Å². The van der Waals surface area contributed by atoms with Gasteiger partial charge in [0.15, 0.2) is 5.78 Å². The van der Waals surface area contributed by atoms with Crippen molar-refractivity contribution < 1.29 is 9.59 Å². The number of Topliss-reactive ketones (excluding diaryl/α,β-unsaturated/α-hetero) is 1. The highest BCUT2D eigenvalue weighted by molar-refractivity contribution is 8.00. The number of ketones is 1. The van der Waals surface area contributed by atoms with E-state index in [0.29, 0.717) is 17.7 Å². The van der Waals surface area contributed by atoms with Gasteiger partial charge in [-0.25, -0.2) is 0 Å². The molecular weight excluding hydrogens is 210 g/mol. The molecule has 0 radical (unpaired) electrons. The summed E-state index contributed by atoms with van der Waals surface area (Å²) in [5, 5.41) is 2.77. The largest absolute Gasteiger partial charge is 0.324 e. The number of hydrogen-bond acceptors (Lipinski definition) is 3. The molecule has 1 amide bonds. The molecule has 0 aliphatic carbocycles. The van der Waals surface area contributed by atoms with E-state index in [1.54, 1.807) is 6.07 Å². The maximum atomic E-state index is 11.5. The van der Waals surface area contributed by atoms with Crippen molar-refractivity contribution in [2.75, 3.05) is 11.1 Å². The molecule has 1 aromatic carbocycles. The van der Waals surface area contributed by atoms with Crippen LogP contribution in [0.2, 0.25) is 0 Å². The molecule has 78 valence electrons.